The summed E-state index contributed by atoms with van der Waals surface area (Å²) in [5.74, 6) is -0.298. The molecule has 0 unspecified atom stereocenters. The van der Waals surface area contributed by atoms with Crippen molar-refractivity contribution >= 4 is 21.9 Å². The molecule has 1 saturated heterocycles. The van der Waals surface area contributed by atoms with Crippen LogP contribution >= 0.6 is 0 Å². The van der Waals surface area contributed by atoms with Crippen molar-refractivity contribution < 1.29 is 22.7 Å². The number of piperazine rings is 1. The van der Waals surface area contributed by atoms with Gasteiger partial charge in [-0.2, -0.15) is 4.31 Å². The molecule has 1 aromatic rings. The maximum atomic E-state index is 13.0. The Balaban J connectivity index is 1.32. The average molecular weight is 421 g/mol. The first kappa shape index (κ1) is 20.3. The van der Waals surface area contributed by atoms with E-state index in [4.69, 9.17) is 4.74 Å². The maximum absolute atomic E-state index is 13.0. The van der Waals surface area contributed by atoms with Crippen molar-refractivity contribution in [3.05, 3.63) is 29.3 Å². The molecule has 4 rings (SSSR count). The van der Waals surface area contributed by atoms with E-state index in [1.807, 2.05) is 19.1 Å². The lowest BCUT2D eigenvalue weighted by atomic mass is 9.92. The van der Waals surface area contributed by atoms with E-state index in [1.54, 1.807) is 11.0 Å². The van der Waals surface area contributed by atoms with E-state index in [0.29, 0.717) is 23.9 Å². The molecule has 1 aromatic carbocycles. The average Bonchev–Trinajstić information content (AvgIpc) is 3.48. The minimum Gasteiger partial charge on any atom is -0.455 e. The van der Waals surface area contributed by atoms with Crippen LogP contribution in [0, 0.1) is 11.8 Å². The maximum Gasteiger partial charge on any atom is 0.309 e. The van der Waals surface area contributed by atoms with Crippen molar-refractivity contribution in [3.8, 4) is 0 Å². The number of hydrogen-bond acceptors (Lipinski definition) is 5. The summed E-state index contributed by atoms with van der Waals surface area (Å²) < 4.78 is 32.6. The van der Waals surface area contributed by atoms with Crippen molar-refractivity contribution in [2.24, 2.45) is 11.8 Å². The minimum absolute atomic E-state index is 0.0681. The van der Waals surface area contributed by atoms with Crippen LogP contribution in [0.5, 0.6) is 0 Å². The van der Waals surface area contributed by atoms with Gasteiger partial charge in [-0.25, -0.2) is 8.42 Å². The van der Waals surface area contributed by atoms with E-state index in [9.17, 15) is 18.0 Å². The van der Waals surface area contributed by atoms with E-state index in [2.05, 4.69) is 0 Å². The number of nitrogens with zero attached hydrogens (tertiary/aromatic N) is 2. The van der Waals surface area contributed by atoms with Gasteiger partial charge in [0.05, 0.1) is 10.8 Å². The van der Waals surface area contributed by atoms with Gasteiger partial charge in [-0.15, -0.1) is 0 Å². The summed E-state index contributed by atoms with van der Waals surface area (Å²) >= 11 is 0. The third-order valence-corrected chi connectivity index (χ3v) is 8.19. The number of esters is 1. The smallest absolute Gasteiger partial charge is 0.309 e. The second-order valence-electron chi connectivity index (χ2n) is 8.35. The molecule has 0 radical (unpaired) electrons. The molecule has 1 saturated carbocycles. The van der Waals surface area contributed by atoms with Crippen molar-refractivity contribution in [3.63, 3.8) is 0 Å². The molecule has 2 fully saturated rings. The van der Waals surface area contributed by atoms with Gasteiger partial charge in [-0.05, 0) is 61.3 Å². The number of aryl methyl sites for hydroxylation is 2. The van der Waals surface area contributed by atoms with Crippen molar-refractivity contribution in [1.82, 2.24) is 9.21 Å². The molecule has 158 valence electrons. The molecular weight excluding hydrogens is 392 g/mol. The van der Waals surface area contributed by atoms with Crippen molar-refractivity contribution in [2.75, 3.05) is 32.8 Å². The summed E-state index contributed by atoms with van der Waals surface area (Å²) in [5.41, 5.74) is 2.39. The van der Waals surface area contributed by atoms with Crippen LogP contribution in [0.4, 0.5) is 0 Å². The lowest BCUT2D eigenvalue weighted by molar-refractivity contribution is -0.153. The zero-order valence-electron chi connectivity index (χ0n) is 16.8. The summed E-state index contributed by atoms with van der Waals surface area (Å²) in [7, 11) is -3.57. The molecule has 0 bridgehead atoms. The molecule has 3 aliphatic rings. The molecule has 29 heavy (non-hydrogen) atoms. The second-order valence-corrected chi connectivity index (χ2v) is 10.3. The highest BCUT2D eigenvalue weighted by atomic mass is 32.2. The van der Waals surface area contributed by atoms with Gasteiger partial charge in [0.25, 0.3) is 5.91 Å². The van der Waals surface area contributed by atoms with Crippen LogP contribution in [0.3, 0.4) is 0 Å². The molecule has 0 aromatic heterocycles. The number of sulfonamides is 1. The highest BCUT2D eigenvalue weighted by Gasteiger charge is 2.41. The Morgan fingerprint density at radius 2 is 1.72 bits per heavy atom. The Labute approximate surface area is 172 Å². The van der Waals surface area contributed by atoms with Gasteiger partial charge in [0.15, 0.2) is 6.61 Å². The number of benzene rings is 1. The number of carbonyl (C=O) groups excluding carboxylic acids is 2. The van der Waals surface area contributed by atoms with Crippen LogP contribution < -0.4 is 0 Å². The first-order valence-electron chi connectivity index (χ1n) is 10.4. The van der Waals surface area contributed by atoms with Crippen molar-refractivity contribution in [2.45, 2.75) is 43.9 Å². The molecule has 0 spiro atoms. The van der Waals surface area contributed by atoms with E-state index >= 15 is 0 Å². The molecule has 2 aliphatic carbocycles. The predicted octanol–water partition coefficient (Wildman–Crippen LogP) is 1.60. The van der Waals surface area contributed by atoms with Gasteiger partial charge >= 0.3 is 5.97 Å². The molecule has 0 N–H and O–H groups in total. The molecule has 1 amide bonds. The minimum atomic E-state index is -3.57. The first-order valence-corrected chi connectivity index (χ1v) is 11.9. The Bertz CT molecular complexity index is 906. The van der Waals surface area contributed by atoms with Gasteiger partial charge in [0, 0.05) is 26.2 Å². The Morgan fingerprint density at radius 3 is 2.38 bits per heavy atom. The lowest BCUT2D eigenvalue weighted by Crippen LogP contribution is -2.51. The van der Waals surface area contributed by atoms with Crippen molar-refractivity contribution in [1.29, 1.82) is 0 Å². The number of carbonyl (C=O) groups is 2. The summed E-state index contributed by atoms with van der Waals surface area (Å²) in [6, 6.07) is 5.46. The first-order chi connectivity index (χ1) is 13.9. The van der Waals surface area contributed by atoms with Gasteiger partial charge in [-0.1, -0.05) is 13.0 Å². The zero-order valence-corrected chi connectivity index (χ0v) is 17.6. The largest absolute Gasteiger partial charge is 0.455 e. The summed E-state index contributed by atoms with van der Waals surface area (Å²) in [6.07, 6.45) is 5.03. The number of ether oxygens (including phenoxy) is 1. The SMILES string of the molecule is C[C@@H]1C[C@@H]1C(=O)OCC(=O)N1CCN(S(=O)(=O)c2ccc3c(c2)CCCC3)CC1. The third kappa shape index (κ3) is 4.33. The molecule has 2 atom stereocenters. The molecule has 8 heteroatoms. The van der Waals surface area contributed by atoms with E-state index in [1.165, 1.54) is 9.87 Å². The van der Waals surface area contributed by atoms with Gasteiger partial charge < -0.3 is 9.64 Å². The quantitative estimate of drug-likeness (QED) is 0.676. The van der Waals surface area contributed by atoms with Gasteiger partial charge in [0.2, 0.25) is 10.0 Å². The zero-order chi connectivity index (χ0) is 20.6. The van der Waals surface area contributed by atoms with Crippen LogP contribution in [0.2, 0.25) is 0 Å². The Hall–Kier alpha value is -1.93. The van der Waals surface area contributed by atoms with Crippen LogP contribution in [0.15, 0.2) is 23.1 Å². The topological polar surface area (TPSA) is 84.0 Å². The number of amides is 1. The molecule has 7 nitrogen and oxygen atoms in total. The predicted molar refractivity (Wildman–Crippen MR) is 107 cm³/mol. The van der Waals surface area contributed by atoms with Crippen LogP contribution in [0.1, 0.15) is 37.3 Å². The van der Waals surface area contributed by atoms with Crippen LogP contribution in [0.25, 0.3) is 0 Å². The Kier molecular flexibility index (Phi) is 5.66. The number of rotatable bonds is 5. The van der Waals surface area contributed by atoms with Crippen LogP contribution in [-0.4, -0.2) is 62.3 Å². The van der Waals surface area contributed by atoms with E-state index < -0.39 is 10.0 Å². The second kappa shape index (κ2) is 8.07. The number of hydrogen-bond donors (Lipinski definition) is 0. The fraction of sp³-hybridized carbons (Fsp3) is 0.619. The fourth-order valence-electron chi connectivity index (χ4n) is 4.18. The summed E-state index contributed by atoms with van der Waals surface area (Å²) in [5, 5.41) is 0. The Morgan fingerprint density at radius 1 is 1.07 bits per heavy atom. The summed E-state index contributed by atoms with van der Waals surface area (Å²) in [6.45, 7) is 2.83. The molecule has 1 aliphatic heterocycles. The normalized spacial score (nSPS) is 24.7. The van der Waals surface area contributed by atoms with Gasteiger partial charge in [-0.3, -0.25) is 9.59 Å². The van der Waals surface area contributed by atoms with Crippen LogP contribution in [-0.2, 0) is 37.2 Å². The highest BCUT2D eigenvalue weighted by molar-refractivity contribution is 7.89. The fourth-order valence-corrected chi connectivity index (χ4v) is 5.65. The molecule has 1 heterocycles. The monoisotopic (exact) mass is 420 g/mol. The lowest BCUT2D eigenvalue weighted by Gasteiger charge is -2.34. The van der Waals surface area contributed by atoms with Gasteiger partial charge in [0.1, 0.15) is 0 Å². The molecular formula is C21H28N2O5S. The third-order valence-electron chi connectivity index (χ3n) is 6.30. The summed E-state index contributed by atoms with van der Waals surface area (Å²) in [4.78, 5) is 26.0. The van der Waals surface area contributed by atoms with E-state index in [-0.39, 0.29) is 37.5 Å². The number of fused-ring (bicyclic) bond motifs is 1. The standard InChI is InChI=1S/C21H28N2O5S/c1-15-12-19(15)21(25)28-14-20(24)22-8-10-23(11-9-22)29(26,27)18-7-6-16-4-2-3-5-17(16)13-18/h6-7,13,15,19H,2-5,8-12,14H2,1H3/t15-,19+/m1/s1. The van der Waals surface area contributed by atoms with E-state index in [0.717, 1.165) is 37.7 Å². The highest BCUT2D eigenvalue weighted by Crippen LogP contribution is 2.38.